The van der Waals surface area contributed by atoms with Crippen molar-refractivity contribution in [3.8, 4) is 5.75 Å². The molecule has 3 rings (SSSR count). The number of hydrogen-bond acceptors (Lipinski definition) is 3. The van der Waals surface area contributed by atoms with Crippen LogP contribution >= 0.6 is 0 Å². The number of hydrogen-bond donors (Lipinski definition) is 3. The molecule has 3 aromatic carbocycles. The Morgan fingerprint density at radius 3 is 1.75 bits per heavy atom. The van der Waals surface area contributed by atoms with Crippen molar-refractivity contribution in [3.05, 3.63) is 84.4 Å². The van der Waals surface area contributed by atoms with E-state index in [1.54, 1.807) is 0 Å². The summed E-state index contributed by atoms with van der Waals surface area (Å²) < 4.78 is 3.08. The Hall–Kier alpha value is -2.47. The minimum atomic E-state index is -1.16. The summed E-state index contributed by atoms with van der Waals surface area (Å²) in [6.07, 6.45) is 0. The molecule has 0 bridgehead atoms. The number of rotatable bonds is 3. The van der Waals surface area contributed by atoms with Crippen LogP contribution in [-0.4, -0.2) is 37.3 Å². The van der Waals surface area contributed by atoms with E-state index in [4.69, 9.17) is 15.9 Å². The van der Waals surface area contributed by atoms with Crippen molar-refractivity contribution in [2.45, 2.75) is 0 Å². The summed E-state index contributed by atoms with van der Waals surface area (Å²) >= 11 is -0.517. The Labute approximate surface area is 150 Å². The van der Waals surface area contributed by atoms with Gasteiger partial charge in [0.2, 0.25) is 0 Å². The Balaban J connectivity index is 0.000000177. The molecule has 0 fully saturated rings. The summed E-state index contributed by atoms with van der Waals surface area (Å²) in [5, 5.41) is 17.5. The van der Waals surface area contributed by atoms with Crippen molar-refractivity contribution < 1.29 is 15.0 Å². The standard InChI is InChI=1S/C7H7NO3.2C6H5.Sn/c8-4-1-2-5(7(10)11)6(9)3-4;2*1-2-4-6-5-3-1;/h1-3,9H,8H2,(H,10,11);2*1-5H;. The van der Waals surface area contributed by atoms with Crippen LogP contribution in [-0.2, 0) is 0 Å². The number of aromatic hydroxyl groups is 1. The van der Waals surface area contributed by atoms with E-state index in [0.717, 1.165) is 0 Å². The first kappa shape index (κ1) is 17.9. The van der Waals surface area contributed by atoms with Crippen LogP contribution in [0.1, 0.15) is 10.4 Å². The summed E-state index contributed by atoms with van der Waals surface area (Å²) in [5.41, 5.74) is 5.48. The van der Waals surface area contributed by atoms with Crippen LogP contribution in [0.4, 0.5) is 5.69 Å². The molecule has 5 heteroatoms. The van der Waals surface area contributed by atoms with Crippen LogP contribution in [0, 0.1) is 0 Å². The molecule has 0 heterocycles. The van der Waals surface area contributed by atoms with E-state index in [1.165, 1.54) is 25.4 Å². The van der Waals surface area contributed by atoms with Crippen LogP contribution in [0.5, 0.6) is 5.75 Å². The fraction of sp³-hybridized carbons (Fsp3) is 0. The third kappa shape index (κ3) is 5.62. The molecule has 0 aliphatic rings. The molecule has 0 spiro atoms. The maximum absolute atomic E-state index is 10.3. The number of anilines is 1. The third-order valence-electron chi connectivity index (χ3n) is 3.09. The van der Waals surface area contributed by atoms with Gasteiger partial charge in [0.25, 0.3) is 0 Å². The van der Waals surface area contributed by atoms with Crippen LogP contribution in [0.2, 0.25) is 0 Å². The first-order valence-electron chi connectivity index (χ1n) is 7.25. The number of carboxylic acid groups (broad SMARTS) is 1. The van der Waals surface area contributed by atoms with Gasteiger partial charge in [-0.2, -0.15) is 0 Å². The molecule has 0 aromatic heterocycles. The first-order chi connectivity index (χ1) is 11.6. The second-order valence-electron chi connectivity index (χ2n) is 4.94. The SMILES string of the molecule is Nc1ccc(C(=O)O)c(O)c1.c1cc[c]([Sn][c]2ccccc2)cc1. The second-order valence-corrected chi connectivity index (χ2v) is 8.95. The van der Waals surface area contributed by atoms with Gasteiger partial charge in [0.1, 0.15) is 11.3 Å². The van der Waals surface area contributed by atoms with E-state index in [2.05, 4.69) is 60.7 Å². The molecular weight excluding hydrogens is 409 g/mol. The number of carbonyl (C=O) groups is 1. The van der Waals surface area contributed by atoms with Crippen LogP contribution in [0.15, 0.2) is 78.9 Å². The molecule has 4 nitrogen and oxygen atoms in total. The Kier molecular flexibility index (Phi) is 6.69. The van der Waals surface area contributed by atoms with Gasteiger partial charge in [-0.25, -0.2) is 4.79 Å². The van der Waals surface area contributed by atoms with Crippen molar-refractivity contribution in [3.63, 3.8) is 0 Å². The number of nitrogen functional groups attached to an aromatic ring is 1. The Morgan fingerprint density at radius 1 is 0.833 bits per heavy atom. The van der Waals surface area contributed by atoms with Crippen molar-refractivity contribution in [1.82, 2.24) is 0 Å². The van der Waals surface area contributed by atoms with Crippen molar-refractivity contribution in [1.29, 1.82) is 0 Å². The van der Waals surface area contributed by atoms with Crippen LogP contribution < -0.4 is 12.9 Å². The molecule has 0 amide bonds. The zero-order chi connectivity index (χ0) is 17.4. The van der Waals surface area contributed by atoms with Crippen LogP contribution in [0.25, 0.3) is 0 Å². The Bertz CT molecular complexity index is 755. The average Bonchev–Trinajstić information content (AvgIpc) is 2.57. The summed E-state index contributed by atoms with van der Waals surface area (Å²) in [7, 11) is 0. The summed E-state index contributed by atoms with van der Waals surface area (Å²) in [6, 6.07) is 25.5. The second kappa shape index (κ2) is 8.98. The summed E-state index contributed by atoms with van der Waals surface area (Å²) in [5.74, 6) is -1.47. The van der Waals surface area contributed by atoms with E-state index in [1.807, 2.05) is 0 Å². The van der Waals surface area contributed by atoms with Gasteiger partial charge in [-0.1, -0.05) is 0 Å². The summed E-state index contributed by atoms with van der Waals surface area (Å²) in [4.78, 5) is 10.3. The fourth-order valence-corrected chi connectivity index (χ4v) is 4.94. The van der Waals surface area contributed by atoms with Gasteiger partial charge in [-0.05, 0) is 12.1 Å². The fourth-order valence-electron chi connectivity index (χ4n) is 1.94. The van der Waals surface area contributed by atoms with Crippen molar-refractivity contribution in [2.24, 2.45) is 0 Å². The molecule has 0 atom stereocenters. The molecular formula is C19H17NO3Sn. The monoisotopic (exact) mass is 427 g/mol. The zero-order valence-electron chi connectivity index (χ0n) is 12.9. The predicted molar refractivity (Wildman–Crippen MR) is 97.4 cm³/mol. The zero-order valence-corrected chi connectivity index (χ0v) is 15.7. The molecule has 0 unspecified atom stereocenters. The third-order valence-corrected chi connectivity index (χ3v) is 6.64. The number of aromatic carboxylic acids is 1. The van der Waals surface area contributed by atoms with Crippen LogP contribution in [0.3, 0.4) is 0 Å². The molecule has 24 heavy (non-hydrogen) atoms. The minimum absolute atomic E-state index is 0.140. The van der Waals surface area contributed by atoms with E-state index < -0.39 is 27.1 Å². The maximum atomic E-state index is 10.3. The van der Waals surface area contributed by atoms with Crippen molar-refractivity contribution >= 4 is 40.0 Å². The first-order valence-corrected chi connectivity index (χ1v) is 10.1. The van der Waals surface area contributed by atoms with E-state index in [9.17, 15) is 4.79 Å². The number of nitrogens with two attached hydrogens (primary N) is 1. The molecule has 0 aliphatic heterocycles. The van der Waals surface area contributed by atoms with Gasteiger partial charge < -0.3 is 15.9 Å². The van der Waals surface area contributed by atoms with Crippen molar-refractivity contribution in [2.75, 3.05) is 5.73 Å². The molecule has 0 aliphatic carbocycles. The molecule has 0 saturated heterocycles. The van der Waals surface area contributed by atoms with E-state index in [-0.39, 0.29) is 11.3 Å². The summed E-state index contributed by atoms with van der Waals surface area (Å²) in [6.45, 7) is 0. The van der Waals surface area contributed by atoms with Gasteiger partial charge in [-0.3, -0.25) is 0 Å². The van der Waals surface area contributed by atoms with Gasteiger partial charge in [-0.15, -0.1) is 0 Å². The van der Waals surface area contributed by atoms with Gasteiger partial charge in [0, 0.05) is 11.8 Å². The van der Waals surface area contributed by atoms with Gasteiger partial charge in [0.15, 0.2) is 0 Å². The predicted octanol–water partition coefficient (Wildman–Crippen LogP) is 2.01. The molecule has 4 N–H and O–H groups in total. The quantitative estimate of drug-likeness (QED) is 0.442. The Morgan fingerprint density at radius 2 is 1.33 bits per heavy atom. The van der Waals surface area contributed by atoms with E-state index in [0.29, 0.717) is 5.69 Å². The van der Waals surface area contributed by atoms with Gasteiger partial charge >= 0.3 is 94.9 Å². The van der Waals surface area contributed by atoms with E-state index >= 15 is 0 Å². The molecule has 3 aromatic rings. The normalized spacial score (nSPS) is 9.67. The average molecular weight is 426 g/mol. The number of benzene rings is 3. The molecule has 0 saturated carbocycles. The topological polar surface area (TPSA) is 83.6 Å². The number of phenols is 1. The number of carboxylic acids is 1. The van der Waals surface area contributed by atoms with Gasteiger partial charge in [0.05, 0.1) is 0 Å². The molecule has 120 valence electrons. The molecule has 2 radical (unpaired) electrons.